The van der Waals surface area contributed by atoms with Crippen molar-refractivity contribution >= 4 is 23.5 Å². The zero-order valence-corrected chi connectivity index (χ0v) is 15.7. The van der Waals surface area contributed by atoms with Gasteiger partial charge in [-0.1, -0.05) is 45.9 Å². The molecule has 0 radical (unpaired) electrons. The SMILES string of the molecule is CCC(C(=O)OC)N(C(=O)CCNC(=O)C(C)(C)C)c1ccccc1. The van der Waals surface area contributed by atoms with Crippen LogP contribution in [-0.4, -0.2) is 37.5 Å². The molecule has 0 saturated carbocycles. The van der Waals surface area contributed by atoms with E-state index in [9.17, 15) is 14.4 Å². The Morgan fingerprint density at radius 2 is 1.76 bits per heavy atom. The van der Waals surface area contributed by atoms with Crippen LogP contribution >= 0.6 is 0 Å². The fourth-order valence-corrected chi connectivity index (χ4v) is 2.35. The summed E-state index contributed by atoms with van der Waals surface area (Å²) in [7, 11) is 1.31. The Labute approximate surface area is 149 Å². The van der Waals surface area contributed by atoms with Gasteiger partial charge in [0.25, 0.3) is 0 Å². The number of methoxy groups -OCH3 is 1. The van der Waals surface area contributed by atoms with Gasteiger partial charge in [-0.3, -0.25) is 14.5 Å². The summed E-state index contributed by atoms with van der Waals surface area (Å²) in [6, 6.07) is 8.31. The maximum atomic E-state index is 12.8. The van der Waals surface area contributed by atoms with Crippen LogP contribution in [0.2, 0.25) is 0 Å². The number of para-hydroxylation sites is 1. The van der Waals surface area contributed by atoms with Crippen molar-refractivity contribution < 1.29 is 19.1 Å². The van der Waals surface area contributed by atoms with Crippen molar-refractivity contribution in [3.63, 3.8) is 0 Å². The number of benzene rings is 1. The normalized spacial score (nSPS) is 12.2. The van der Waals surface area contributed by atoms with Gasteiger partial charge in [0.2, 0.25) is 11.8 Å². The van der Waals surface area contributed by atoms with Crippen LogP contribution in [0.5, 0.6) is 0 Å². The fraction of sp³-hybridized carbons (Fsp3) is 0.526. The van der Waals surface area contributed by atoms with E-state index < -0.39 is 17.4 Å². The number of nitrogens with zero attached hydrogens (tertiary/aromatic N) is 1. The first-order valence-corrected chi connectivity index (χ1v) is 8.45. The topological polar surface area (TPSA) is 75.7 Å². The van der Waals surface area contributed by atoms with Crippen LogP contribution < -0.4 is 10.2 Å². The van der Waals surface area contributed by atoms with Gasteiger partial charge in [-0.15, -0.1) is 0 Å². The molecule has 1 aromatic carbocycles. The molecule has 0 aromatic heterocycles. The molecule has 0 heterocycles. The summed E-state index contributed by atoms with van der Waals surface area (Å²) in [4.78, 5) is 38.2. The highest BCUT2D eigenvalue weighted by Gasteiger charge is 2.30. The van der Waals surface area contributed by atoms with Crippen molar-refractivity contribution in [2.75, 3.05) is 18.6 Å². The van der Waals surface area contributed by atoms with Gasteiger partial charge in [0, 0.05) is 24.1 Å². The van der Waals surface area contributed by atoms with Gasteiger partial charge in [0.1, 0.15) is 6.04 Å². The number of carbonyl (C=O) groups excluding carboxylic acids is 3. The molecular weight excluding hydrogens is 320 g/mol. The Bertz CT molecular complexity index is 593. The van der Waals surface area contributed by atoms with E-state index >= 15 is 0 Å². The average Bonchev–Trinajstić information content (AvgIpc) is 2.58. The summed E-state index contributed by atoms with van der Waals surface area (Å²) in [5.74, 6) is -0.817. The number of anilines is 1. The first kappa shape index (κ1) is 20.7. The number of hydrogen-bond acceptors (Lipinski definition) is 4. The Morgan fingerprint density at radius 3 is 2.24 bits per heavy atom. The number of ether oxygens (including phenoxy) is 1. The van der Waals surface area contributed by atoms with E-state index in [1.54, 1.807) is 24.3 Å². The second kappa shape index (κ2) is 9.20. The van der Waals surface area contributed by atoms with E-state index in [1.807, 2.05) is 33.8 Å². The Balaban J connectivity index is 2.91. The number of hydrogen-bond donors (Lipinski definition) is 1. The van der Waals surface area contributed by atoms with E-state index in [-0.39, 0.29) is 24.8 Å². The van der Waals surface area contributed by atoms with Gasteiger partial charge in [0.05, 0.1) is 7.11 Å². The second-order valence-electron chi connectivity index (χ2n) is 6.80. The predicted octanol–water partition coefficient (Wildman–Crippen LogP) is 2.52. The first-order valence-electron chi connectivity index (χ1n) is 8.45. The van der Waals surface area contributed by atoms with Crippen molar-refractivity contribution in [2.45, 2.75) is 46.6 Å². The zero-order chi connectivity index (χ0) is 19.0. The minimum absolute atomic E-state index is 0.101. The van der Waals surface area contributed by atoms with Crippen molar-refractivity contribution in [1.82, 2.24) is 5.32 Å². The van der Waals surface area contributed by atoms with Crippen LogP contribution in [0.1, 0.15) is 40.5 Å². The molecule has 6 heteroatoms. The van der Waals surface area contributed by atoms with Crippen LogP contribution in [0, 0.1) is 5.41 Å². The van der Waals surface area contributed by atoms with Gasteiger partial charge < -0.3 is 10.1 Å². The molecule has 1 aromatic rings. The van der Waals surface area contributed by atoms with Crippen LogP contribution in [0.4, 0.5) is 5.69 Å². The lowest BCUT2D eigenvalue weighted by Crippen LogP contribution is -2.47. The van der Waals surface area contributed by atoms with Crippen LogP contribution in [0.3, 0.4) is 0 Å². The molecule has 1 rings (SSSR count). The van der Waals surface area contributed by atoms with E-state index in [1.165, 1.54) is 12.0 Å². The number of carbonyl (C=O) groups is 3. The minimum atomic E-state index is -0.696. The molecule has 0 bridgehead atoms. The number of esters is 1. The van der Waals surface area contributed by atoms with Gasteiger partial charge in [-0.05, 0) is 18.6 Å². The van der Waals surface area contributed by atoms with E-state index in [0.717, 1.165) is 0 Å². The third-order valence-corrected chi connectivity index (χ3v) is 3.78. The highest BCUT2D eigenvalue weighted by Crippen LogP contribution is 2.20. The molecule has 0 aliphatic rings. The third kappa shape index (κ3) is 5.89. The quantitative estimate of drug-likeness (QED) is 0.768. The van der Waals surface area contributed by atoms with Crippen LogP contribution in [0.25, 0.3) is 0 Å². The standard InChI is InChI=1S/C19H28N2O4/c1-6-15(17(23)25-5)21(14-10-8-7-9-11-14)16(22)12-13-20-18(24)19(2,3)4/h7-11,15H,6,12-13H2,1-5H3,(H,20,24). The largest absolute Gasteiger partial charge is 0.467 e. The van der Waals surface area contributed by atoms with Crippen molar-refractivity contribution in [2.24, 2.45) is 5.41 Å². The Hall–Kier alpha value is -2.37. The Morgan fingerprint density at radius 1 is 1.16 bits per heavy atom. The molecule has 0 spiro atoms. The average molecular weight is 348 g/mol. The summed E-state index contributed by atoms with van der Waals surface area (Å²) >= 11 is 0. The molecule has 0 aliphatic heterocycles. The lowest BCUT2D eigenvalue weighted by Gasteiger charge is -2.29. The minimum Gasteiger partial charge on any atom is -0.467 e. The molecule has 6 nitrogen and oxygen atoms in total. The second-order valence-corrected chi connectivity index (χ2v) is 6.80. The fourth-order valence-electron chi connectivity index (χ4n) is 2.35. The maximum Gasteiger partial charge on any atom is 0.328 e. The van der Waals surface area contributed by atoms with Crippen molar-refractivity contribution in [3.8, 4) is 0 Å². The number of nitrogens with one attached hydrogen (secondary N) is 1. The highest BCUT2D eigenvalue weighted by molar-refractivity contribution is 5.99. The first-order chi connectivity index (χ1) is 11.7. The molecule has 1 atom stereocenters. The van der Waals surface area contributed by atoms with Crippen LogP contribution in [-0.2, 0) is 19.1 Å². The molecule has 25 heavy (non-hydrogen) atoms. The molecular formula is C19H28N2O4. The van der Waals surface area contributed by atoms with Crippen molar-refractivity contribution in [1.29, 1.82) is 0 Å². The summed E-state index contributed by atoms with van der Waals surface area (Å²) in [5, 5.41) is 2.76. The summed E-state index contributed by atoms with van der Waals surface area (Å²) in [6.07, 6.45) is 0.534. The van der Waals surface area contributed by atoms with E-state index in [2.05, 4.69) is 5.32 Å². The van der Waals surface area contributed by atoms with Gasteiger partial charge in [0.15, 0.2) is 0 Å². The third-order valence-electron chi connectivity index (χ3n) is 3.78. The van der Waals surface area contributed by atoms with E-state index in [0.29, 0.717) is 12.1 Å². The van der Waals surface area contributed by atoms with Crippen LogP contribution in [0.15, 0.2) is 30.3 Å². The molecule has 1 N–H and O–H groups in total. The predicted molar refractivity (Wildman–Crippen MR) is 97.1 cm³/mol. The molecule has 0 saturated heterocycles. The zero-order valence-electron chi connectivity index (χ0n) is 15.7. The summed E-state index contributed by atoms with van der Waals surface area (Å²) < 4.78 is 4.84. The lowest BCUT2D eigenvalue weighted by molar-refractivity contribution is -0.143. The van der Waals surface area contributed by atoms with Crippen molar-refractivity contribution in [3.05, 3.63) is 30.3 Å². The number of rotatable bonds is 7. The maximum absolute atomic E-state index is 12.8. The highest BCUT2D eigenvalue weighted by atomic mass is 16.5. The van der Waals surface area contributed by atoms with E-state index in [4.69, 9.17) is 4.74 Å². The molecule has 0 fully saturated rings. The van der Waals surface area contributed by atoms with Gasteiger partial charge >= 0.3 is 5.97 Å². The van der Waals surface area contributed by atoms with Gasteiger partial charge in [-0.2, -0.15) is 0 Å². The Kier molecular flexibility index (Phi) is 7.61. The smallest absolute Gasteiger partial charge is 0.328 e. The monoisotopic (exact) mass is 348 g/mol. The molecule has 1 unspecified atom stereocenters. The summed E-state index contributed by atoms with van der Waals surface area (Å²) in [6.45, 7) is 7.47. The lowest BCUT2D eigenvalue weighted by atomic mass is 9.96. The number of amides is 2. The molecule has 138 valence electrons. The summed E-state index contributed by atoms with van der Waals surface area (Å²) in [5.41, 5.74) is 0.118. The molecule has 2 amide bonds. The van der Waals surface area contributed by atoms with Gasteiger partial charge in [-0.25, -0.2) is 4.79 Å². The molecule has 0 aliphatic carbocycles.